The Balaban J connectivity index is 0.00000481. The smallest absolute Gasteiger partial charge is 0.149 e. The van der Waals surface area contributed by atoms with Gasteiger partial charge in [-0.15, -0.1) is 35.9 Å². The van der Waals surface area contributed by atoms with Crippen molar-refractivity contribution < 1.29 is 26.2 Å². The van der Waals surface area contributed by atoms with Gasteiger partial charge >= 0.3 is 0 Å². The molecule has 5 heteroatoms. The van der Waals surface area contributed by atoms with Crippen LogP contribution in [0.4, 0.5) is 0 Å². The van der Waals surface area contributed by atoms with E-state index in [1.165, 1.54) is 27.8 Å². The molecule has 0 saturated carbocycles. The van der Waals surface area contributed by atoms with Crippen molar-refractivity contribution in [2.45, 2.75) is 79.1 Å². The van der Waals surface area contributed by atoms with E-state index in [0.717, 1.165) is 44.8 Å². The molecule has 272 valence electrons. The fraction of sp³-hybridized carbons (Fsp3) is 0.250. The Morgan fingerprint density at radius 3 is 1.75 bits per heavy atom. The molecule has 0 aliphatic rings. The van der Waals surface area contributed by atoms with Gasteiger partial charge in [-0.2, -0.15) is 0 Å². The number of nitrogens with zero attached hydrogens (tertiary/aromatic N) is 3. The van der Waals surface area contributed by atoms with Gasteiger partial charge in [0, 0.05) is 26.6 Å². The molecule has 0 saturated heterocycles. The zero-order valence-electron chi connectivity index (χ0n) is 31.9. The van der Waals surface area contributed by atoms with Crippen molar-refractivity contribution in [2.24, 2.45) is 0 Å². The van der Waals surface area contributed by atoms with Crippen molar-refractivity contribution in [3.8, 4) is 56.5 Å². The molecule has 0 amide bonds. The van der Waals surface area contributed by atoms with Crippen LogP contribution in [0.15, 0.2) is 115 Å². The zero-order valence-corrected chi connectivity index (χ0v) is 34.2. The molecule has 7 rings (SSSR count). The van der Waals surface area contributed by atoms with Gasteiger partial charge in [0.25, 0.3) is 0 Å². The summed E-state index contributed by atoms with van der Waals surface area (Å²) in [6.45, 7) is 18.0. The third kappa shape index (κ3) is 7.40. The van der Waals surface area contributed by atoms with E-state index in [1.807, 2.05) is 36.4 Å². The standard InChI is InChI=1S/C48H48N3O.Pt/c1-29(2)34-24-35(30(3)4)26-36(25-34)37-27-42(33-16-10-9-11-17-33)49-43(28-37)40-21-15-22-44-46(40)50-48(41-18-12-13-23-45(41)52)51(44)47-38(31(5)6)19-14-20-39(47)32(7)8;/h9-16,18-32,52H,1-8H3;/q-1;. The van der Waals surface area contributed by atoms with E-state index in [1.54, 1.807) is 6.07 Å². The van der Waals surface area contributed by atoms with Crippen LogP contribution in [0.5, 0.6) is 5.75 Å². The number of aromatic hydroxyl groups is 1. The molecule has 0 radical (unpaired) electrons. The Morgan fingerprint density at radius 1 is 0.566 bits per heavy atom. The first kappa shape index (κ1) is 37.9. The maximum Gasteiger partial charge on any atom is 0.149 e. The van der Waals surface area contributed by atoms with E-state index >= 15 is 0 Å². The number of phenolic OH excluding ortho intramolecular Hbond substituents is 1. The minimum atomic E-state index is 0. The maximum absolute atomic E-state index is 11.3. The first-order valence-electron chi connectivity index (χ1n) is 18.6. The predicted octanol–water partition coefficient (Wildman–Crippen LogP) is 13.1. The van der Waals surface area contributed by atoms with Crippen LogP contribution in [-0.2, 0) is 21.1 Å². The summed E-state index contributed by atoms with van der Waals surface area (Å²) in [6, 6.07) is 43.4. The monoisotopic (exact) mass is 877 g/mol. The molecule has 1 N–H and O–H groups in total. The summed E-state index contributed by atoms with van der Waals surface area (Å²) in [5.74, 6) is 2.24. The van der Waals surface area contributed by atoms with Crippen LogP contribution >= 0.6 is 0 Å². The van der Waals surface area contributed by atoms with E-state index in [2.05, 4.69) is 139 Å². The number of rotatable bonds is 9. The third-order valence-corrected chi connectivity index (χ3v) is 10.1. The Hall–Kier alpha value is -4.79. The van der Waals surface area contributed by atoms with Crippen LogP contribution < -0.4 is 0 Å². The van der Waals surface area contributed by atoms with Gasteiger partial charge in [0.2, 0.25) is 0 Å². The van der Waals surface area contributed by atoms with Crippen LogP contribution in [0.3, 0.4) is 0 Å². The number of aromatic nitrogens is 3. The van der Waals surface area contributed by atoms with E-state index in [9.17, 15) is 5.11 Å². The van der Waals surface area contributed by atoms with Crippen LogP contribution in [0.2, 0.25) is 0 Å². The summed E-state index contributed by atoms with van der Waals surface area (Å²) in [4.78, 5) is 10.8. The molecule has 0 fully saturated rings. The molecule has 53 heavy (non-hydrogen) atoms. The summed E-state index contributed by atoms with van der Waals surface area (Å²) in [5, 5.41) is 11.3. The van der Waals surface area contributed by atoms with E-state index < -0.39 is 0 Å². The zero-order chi connectivity index (χ0) is 36.7. The molecule has 0 bridgehead atoms. The summed E-state index contributed by atoms with van der Waals surface area (Å²) in [7, 11) is 0. The van der Waals surface area contributed by atoms with Crippen LogP contribution in [-0.4, -0.2) is 19.6 Å². The van der Waals surface area contributed by atoms with Crippen molar-refractivity contribution in [3.05, 3.63) is 144 Å². The average molecular weight is 878 g/mol. The van der Waals surface area contributed by atoms with Gasteiger partial charge in [-0.05, 0) is 87.0 Å². The number of fused-ring (bicyclic) bond motifs is 1. The number of hydrogen-bond donors (Lipinski definition) is 1. The fourth-order valence-electron chi connectivity index (χ4n) is 7.18. The minimum absolute atomic E-state index is 0. The van der Waals surface area contributed by atoms with Gasteiger partial charge in [0.15, 0.2) is 0 Å². The Morgan fingerprint density at radius 2 is 1.15 bits per heavy atom. The molecule has 2 aromatic heterocycles. The topological polar surface area (TPSA) is 50.9 Å². The van der Waals surface area contributed by atoms with Gasteiger partial charge in [0.05, 0.1) is 28.0 Å². The van der Waals surface area contributed by atoms with Gasteiger partial charge < -0.3 is 5.11 Å². The molecule has 5 aromatic carbocycles. The number of imidazole rings is 1. The normalized spacial score (nSPS) is 11.6. The maximum atomic E-state index is 11.3. The predicted molar refractivity (Wildman–Crippen MR) is 217 cm³/mol. The van der Waals surface area contributed by atoms with E-state index in [-0.39, 0.29) is 38.7 Å². The fourth-order valence-corrected chi connectivity index (χ4v) is 7.18. The summed E-state index contributed by atoms with van der Waals surface area (Å²) in [5.41, 5.74) is 14.6. The van der Waals surface area contributed by atoms with Crippen LogP contribution in [0.25, 0.3) is 61.8 Å². The van der Waals surface area contributed by atoms with Crippen molar-refractivity contribution >= 4 is 11.0 Å². The van der Waals surface area contributed by atoms with Crippen LogP contribution in [0, 0.1) is 6.07 Å². The second-order valence-corrected chi connectivity index (χ2v) is 15.2. The Kier molecular flexibility index (Phi) is 11.2. The Bertz CT molecular complexity index is 2330. The number of benzene rings is 5. The molecular formula is C48H48N3OPt-. The minimum Gasteiger partial charge on any atom is -0.507 e. The summed E-state index contributed by atoms with van der Waals surface area (Å²) >= 11 is 0. The average Bonchev–Trinajstić information content (AvgIpc) is 3.53. The van der Waals surface area contributed by atoms with Crippen molar-refractivity contribution in [2.75, 3.05) is 0 Å². The molecule has 0 spiro atoms. The van der Waals surface area contributed by atoms with Gasteiger partial charge in [0.1, 0.15) is 11.6 Å². The molecule has 0 unspecified atom stereocenters. The van der Waals surface area contributed by atoms with Crippen molar-refractivity contribution in [1.29, 1.82) is 0 Å². The number of hydrogen-bond acceptors (Lipinski definition) is 3. The molecular weight excluding hydrogens is 830 g/mol. The number of phenols is 1. The number of para-hydroxylation sites is 3. The SMILES string of the molecule is CC(C)c1cc(-c2cc(-c3[c-]cccc3)nc(-c3cccc4c3nc(-c3ccccc3O)n4-c3c(C(C)C)cccc3C(C)C)c2)cc(C(C)C)c1.[Pt]. The Labute approximate surface area is 329 Å². The molecule has 0 aliphatic heterocycles. The van der Waals surface area contributed by atoms with Crippen molar-refractivity contribution in [3.63, 3.8) is 0 Å². The molecule has 7 aromatic rings. The van der Waals surface area contributed by atoms with E-state index in [4.69, 9.17) is 9.97 Å². The first-order chi connectivity index (χ1) is 25.0. The molecule has 2 heterocycles. The molecule has 4 nitrogen and oxygen atoms in total. The van der Waals surface area contributed by atoms with E-state index in [0.29, 0.717) is 23.2 Å². The molecule has 0 atom stereocenters. The number of pyridine rings is 1. The second-order valence-electron chi connectivity index (χ2n) is 15.2. The largest absolute Gasteiger partial charge is 0.507 e. The molecule has 0 aliphatic carbocycles. The van der Waals surface area contributed by atoms with Crippen molar-refractivity contribution in [1.82, 2.24) is 14.5 Å². The first-order valence-corrected chi connectivity index (χ1v) is 18.6. The van der Waals surface area contributed by atoms with Gasteiger partial charge in [-0.1, -0.05) is 122 Å². The van der Waals surface area contributed by atoms with Gasteiger partial charge in [-0.25, -0.2) is 4.98 Å². The summed E-state index contributed by atoms with van der Waals surface area (Å²) in [6.07, 6.45) is 0. The third-order valence-electron chi connectivity index (χ3n) is 10.1. The van der Waals surface area contributed by atoms with Crippen LogP contribution in [0.1, 0.15) is 101 Å². The van der Waals surface area contributed by atoms with Gasteiger partial charge in [-0.3, -0.25) is 9.55 Å². The quantitative estimate of drug-likeness (QED) is 0.147. The summed E-state index contributed by atoms with van der Waals surface area (Å²) < 4.78 is 2.27. The second kappa shape index (κ2) is 15.7.